The molecule has 1 saturated heterocycles. The van der Waals surface area contributed by atoms with Crippen LogP contribution in [0.5, 0.6) is 0 Å². The topological polar surface area (TPSA) is 146 Å². The van der Waals surface area contributed by atoms with Gasteiger partial charge in [0.05, 0.1) is 11.1 Å². The number of aliphatic carboxylic acids is 2. The molecule has 1 amide bonds. The summed E-state index contributed by atoms with van der Waals surface area (Å²) < 4.78 is 101. The number of aryl methyl sites for hydroxylation is 1. The number of benzene rings is 2. The van der Waals surface area contributed by atoms with Crippen molar-refractivity contribution in [2.45, 2.75) is 43.8 Å². The fourth-order valence-corrected chi connectivity index (χ4v) is 3.71. The van der Waals surface area contributed by atoms with E-state index in [0.29, 0.717) is 17.7 Å². The summed E-state index contributed by atoms with van der Waals surface area (Å²) in [7, 11) is 0. The third kappa shape index (κ3) is 12.1. The molecule has 1 atom stereocenters. The summed E-state index contributed by atoms with van der Waals surface area (Å²) in [5, 5.41) is 18.0. The van der Waals surface area contributed by atoms with Gasteiger partial charge < -0.3 is 26.2 Å². The Balaban J connectivity index is 0.000000421. The van der Waals surface area contributed by atoms with Gasteiger partial charge in [-0.1, -0.05) is 12.1 Å². The highest BCUT2D eigenvalue weighted by Gasteiger charge is 2.39. The van der Waals surface area contributed by atoms with Gasteiger partial charge in [0.15, 0.2) is 0 Å². The van der Waals surface area contributed by atoms with Crippen molar-refractivity contribution in [2.24, 2.45) is 5.73 Å². The third-order valence-electron chi connectivity index (χ3n) is 5.91. The number of nitrogens with one attached hydrogen (secondary N) is 1. The van der Waals surface area contributed by atoms with E-state index in [1.54, 1.807) is 6.07 Å². The molecule has 2 heterocycles. The second-order valence-electron chi connectivity index (χ2n) is 9.42. The van der Waals surface area contributed by atoms with Gasteiger partial charge >= 0.3 is 30.5 Å². The Morgan fingerprint density at radius 1 is 0.867 bits per heavy atom. The highest BCUT2D eigenvalue weighted by molar-refractivity contribution is 5.94. The van der Waals surface area contributed by atoms with Gasteiger partial charge in [-0.25, -0.2) is 14.6 Å². The molecule has 5 N–H and O–H groups in total. The number of fused-ring (bicyclic) bond motifs is 1. The number of nitrogens with two attached hydrogens (primary N) is 1. The average Bonchev–Trinajstić information content (AvgIpc) is 3.37. The first-order valence-corrected chi connectivity index (χ1v) is 12.6. The number of pyridine rings is 1. The Bertz CT molecular complexity index is 1450. The second kappa shape index (κ2) is 14.9. The van der Waals surface area contributed by atoms with Crippen molar-refractivity contribution in [3.8, 4) is 0 Å². The third-order valence-corrected chi connectivity index (χ3v) is 5.91. The van der Waals surface area contributed by atoms with Crippen LogP contribution in [0.15, 0.2) is 54.6 Å². The molecule has 45 heavy (non-hydrogen) atoms. The highest BCUT2D eigenvalue weighted by Crippen LogP contribution is 2.29. The minimum Gasteiger partial charge on any atom is -0.475 e. The lowest BCUT2D eigenvalue weighted by atomic mass is 10.1. The van der Waals surface area contributed by atoms with Gasteiger partial charge in [-0.05, 0) is 60.9 Å². The summed E-state index contributed by atoms with van der Waals surface area (Å²) >= 11 is 0. The lowest BCUT2D eigenvalue weighted by Crippen LogP contribution is -2.26. The van der Waals surface area contributed by atoms with Gasteiger partial charge in [0.25, 0.3) is 0 Å². The predicted molar refractivity (Wildman–Crippen MR) is 142 cm³/mol. The van der Waals surface area contributed by atoms with Crippen LogP contribution in [-0.2, 0) is 27.0 Å². The van der Waals surface area contributed by atoms with Crippen LogP contribution in [0.2, 0.25) is 0 Å². The van der Waals surface area contributed by atoms with E-state index < -0.39 is 36.0 Å². The molecule has 3 aromatic rings. The minimum atomic E-state index is -5.08. The van der Waals surface area contributed by atoms with Gasteiger partial charge in [0.2, 0.25) is 5.91 Å². The average molecular weight is 657 g/mol. The van der Waals surface area contributed by atoms with Crippen LogP contribution in [0.25, 0.3) is 10.9 Å². The van der Waals surface area contributed by atoms with Crippen molar-refractivity contribution in [3.63, 3.8) is 0 Å². The number of alkyl halides is 9. The molecule has 18 heteroatoms. The molecular formula is C27H25F9N4O5. The monoisotopic (exact) mass is 656 g/mol. The van der Waals surface area contributed by atoms with Gasteiger partial charge in [-0.15, -0.1) is 0 Å². The van der Waals surface area contributed by atoms with Crippen molar-refractivity contribution < 1.29 is 64.1 Å². The maximum Gasteiger partial charge on any atom is 0.490 e. The van der Waals surface area contributed by atoms with E-state index in [1.165, 1.54) is 12.1 Å². The molecule has 1 aliphatic heterocycles. The summed E-state index contributed by atoms with van der Waals surface area (Å²) in [5.74, 6) is -4.82. The fourth-order valence-electron chi connectivity index (χ4n) is 3.71. The second-order valence-corrected chi connectivity index (χ2v) is 9.42. The number of amides is 1. The lowest BCUT2D eigenvalue weighted by Gasteiger charge is -2.17. The number of anilines is 2. The summed E-state index contributed by atoms with van der Waals surface area (Å²) in [6, 6.07) is 14.5. The maximum absolute atomic E-state index is 12.6. The number of hydrogen-bond donors (Lipinski definition) is 4. The zero-order chi connectivity index (χ0) is 34.2. The molecule has 4 rings (SSSR count). The molecule has 0 radical (unpaired) electrons. The maximum atomic E-state index is 12.6. The van der Waals surface area contributed by atoms with E-state index in [2.05, 4.69) is 15.2 Å². The number of carbonyl (C=O) groups is 3. The van der Waals surface area contributed by atoms with Gasteiger partial charge in [0, 0.05) is 36.6 Å². The number of hydrogen-bond acceptors (Lipinski definition) is 6. The molecule has 0 aliphatic carbocycles. The van der Waals surface area contributed by atoms with E-state index in [4.69, 9.17) is 25.5 Å². The Kier molecular flexibility index (Phi) is 12.1. The quantitative estimate of drug-likeness (QED) is 0.259. The molecule has 246 valence electrons. The summed E-state index contributed by atoms with van der Waals surface area (Å²) in [5.41, 5.74) is 7.45. The number of halogens is 9. The van der Waals surface area contributed by atoms with Crippen LogP contribution in [0.3, 0.4) is 0 Å². The SMILES string of the molecule is NC1CCN(c2ccc3cc(NC(=O)CCc4ccc(C(F)(F)F)cc4)ccc3n2)C1.O=C(O)C(F)(F)F.O=C(O)C(F)(F)F. The number of carbonyl (C=O) groups excluding carboxylic acids is 1. The Hall–Kier alpha value is -4.61. The van der Waals surface area contributed by atoms with E-state index in [1.807, 2.05) is 24.3 Å². The molecule has 0 saturated carbocycles. The largest absolute Gasteiger partial charge is 0.490 e. The van der Waals surface area contributed by atoms with Crippen LogP contribution in [-0.4, -0.2) is 64.5 Å². The first-order valence-electron chi connectivity index (χ1n) is 12.6. The lowest BCUT2D eigenvalue weighted by molar-refractivity contribution is -0.193. The molecule has 2 aromatic carbocycles. The molecule has 1 unspecified atom stereocenters. The molecule has 0 spiro atoms. The number of carboxylic acids is 2. The van der Waals surface area contributed by atoms with Crippen LogP contribution in [0, 0.1) is 0 Å². The van der Waals surface area contributed by atoms with Crippen molar-refractivity contribution in [1.29, 1.82) is 0 Å². The van der Waals surface area contributed by atoms with Crippen LogP contribution in [0.4, 0.5) is 51.0 Å². The van der Waals surface area contributed by atoms with E-state index in [-0.39, 0.29) is 18.4 Å². The van der Waals surface area contributed by atoms with Gasteiger partial charge in [0.1, 0.15) is 5.82 Å². The van der Waals surface area contributed by atoms with Gasteiger partial charge in [-0.3, -0.25) is 4.79 Å². The summed E-state index contributed by atoms with van der Waals surface area (Å²) in [4.78, 5) is 36.9. The van der Waals surface area contributed by atoms with Crippen molar-refractivity contribution >= 4 is 40.3 Å². The van der Waals surface area contributed by atoms with Crippen molar-refractivity contribution in [1.82, 2.24) is 4.98 Å². The summed E-state index contributed by atoms with van der Waals surface area (Å²) in [6.07, 6.45) is -13.0. The minimum absolute atomic E-state index is 0.176. The normalized spacial score (nSPS) is 15.0. The van der Waals surface area contributed by atoms with Crippen LogP contribution >= 0.6 is 0 Å². The Morgan fingerprint density at radius 2 is 1.42 bits per heavy atom. The first-order chi connectivity index (χ1) is 20.7. The van der Waals surface area contributed by atoms with E-state index >= 15 is 0 Å². The Morgan fingerprint density at radius 3 is 1.89 bits per heavy atom. The first kappa shape index (κ1) is 36.6. The number of carboxylic acid groups (broad SMARTS) is 2. The van der Waals surface area contributed by atoms with Gasteiger partial charge in [-0.2, -0.15) is 39.5 Å². The van der Waals surface area contributed by atoms with Crippen LogP contribution in [0.1, 0.15) is 24.0 Å². The molecule has 1 fully saturated rings. The van der Waals surface area contributed by atoms with Crippen LogP contribution < -0.4 is 16.0 Å². The molecule has 1 aliphatic rings. The number of rotatable bonds is 5. The number of aromatic nitrogens is 1. The van der Waals surface area contributed by atoms with Crippen molar-refractivity contribution in [2.75, 3.05) is 23.3 Å². The molecule has 0 bridgehead atoms. The predicted octanol–water partition coefficient (Wildman–Crippen LogP) is 5.63. The highest BCUT2D eigenvalue weighted by atomic mass is 19.4. The van der Waals surface area contributed by atoms with E-state index in [0.717, 1.165) is 48.4 Å². The van der Waals surface area contributed by atoms with Crippen molar-refractivity contribution in [3.05, 3.63) is 65.7 Å². The molecule has 1 aromatic heterocycles. The molecular weight excluding hydrogens is 631 g/mol. The fraction of sp³-hybridized carbons (Fsp3) is 0.333. The van der Waals surface area contributed by atoms with E-state index in [9.17, 15) is 44.3 Å². The zero-order valence-electron chi connectivity index (χ0n) is 22.8. The smallest absolute Gasteiger partial charge is 0.475 e. The molecule has 9 nitrogen and oxygen atoms in total. The number of nitrogens with zero attached hydrogens (tertiary/aromatic N) is 2. The Labute approximate surface area is 248 Å². The standard InChI is InChI=1S/C23H23F3N4O.2C2HF3O2/c24-23(25,26)17-5-1-15(2-6-17)3-10-22(31)28-19-7-8-20-16(13-19)4-9-21(29-20)30-12-11-18(27)14-30;2*3-2(4,5)1(6)7/h1-2,4-9,13,18H,3,10-12,14,27H2,(H,28,31);2*(H,6,7). The summed E-state index contributed by atoms with van der Waals surface area (Å²) in [6.45, 7) is 1.69. The zero-order valence-corrected chi connectivity index (χ0v) is 22.8.